The fraction of sp³-hybridized carbons (Fsp3) is 1.00. The molecule has 0 saturated carbocycles. The third kappa shape index (κ3) is 2.42. The molecule has 2 rings (SSSR count). The molecular weight excluding hydrogens is 164 g/mol. The number of ether oxygens (including phenoxy) is 1. The molecule has 0 spiro atoms. The lowest BCUT2D eigenvalue weighted by Crippen LogP contribution is -2.47. The molecule has 2 saturated heterocycles. The van der Waals surface area contributed by atoms with E-state index in [1.165, 1.54) is 19.4 Å². The van der Waals surface area contributed by atoms with Gasteiger partial charge in [0.25, 0.3) is 0 Å². The molecular formula is C10H20N2O. The van der Waals surface area contributed by atoms with E-state index in [9.17, 15) is 0 Å². The quantitative estimate of drug-likeness (QED) is 0.662. The average Bonchev–Trinajstić information content (AvgIpc) is 2.42. The molecule has 2 fully saturated rings. The van der Waals surface area contributed by atoms with Crippen LogP contribution < -0.4 is 10.6 Å². The largest absolute Gasteiger partial charge is 0.378 e. The Balaban J connectivity index is 1.56. The molecule has 2 heterocycles. The molecule has 0 aliphatic carbocycles. The van der Waals surface area contributed by atoms with Gasteiger partial charge >= 0.3 is 0 Å². The highest BCUT2D eigenvalue weighted by Crippen LogP contribution is 2.16. The van der Waals surface area contributed by atoms with Crippen LogP contribution in [-0.2, 0) is 4.74 Å². The molecule has 2 unspecified atom stereocenters. The van der Waals surface area contributed by atoms with Crippen LogP contribution in [0.3, 0.4) is 0 Å². The molecule has 0 aromatic carbocycles. The lowest BCUT2D eigenvalue weighted by molar-refractivity contribution is -0.00522. The van der Waals surface area contributed by atoms with Crippen molar-refractivity contribution in [1.29, 1.82) is 0 Å². The first kappa shape index (κ1) is 9.44. The Hall–Kier alpha value is -0.120. The van der Waals surface area contributed by atoms with E-state index in [0.29, 0.717) is 6.04 Å². The van der Waals surface area contributed by atoms with Gasteiger partial charge in [-0.05, 0) is 31.8 Å². The maximum Gasteiger partial charge on any atom is 0.0643 e. The SMILES string of the molecule is CC1CCNC1CCNC1COC1. The van der Waals surface area contributed by atoms with Crippen LogP contribution in [0.1, 0.15) is 19.8 Å². The summed E-state index contributed by atoms with van der Waals surface area (Å²) in [6.07, 6.45) is 2.61. The third-order valence-corrected chi connectivity index (χ3v) is 3.22. The molecule has 2 atom stereocenters. The predicted octanol–water partition coefficient (Wildman–Crippen LogP) is 0.363. The molecule has 0 bridgehead atoms. The van der Waals surface area contributed by atoms with Gasteiger partial charge in [-0.1, -0.05) is 6.92 Å². The number of hydrogen-bond acceptors (Lipinski definition) is 3. The van der Waals surface area contributed by atoms with Gasteiger partial charge in [-0.2, -0.15) is 0 Å². The molecule has 2 aliphatic rings. The van der Waals surface area contributed by atoms with Gasteiger partial charge in [-0.15, -0.1) is 0 Å². The van der Waals surface area contributed by atoms with Gasteiger partial charge in [0.1, 0.15) is 0 Å². The summed E-state index contributed by atoms with van der Waals surface area (Å²) < 4.78 is 5.10. The number of hydrogen-bond donors (Lipinski definition) is 2. The van der Waals surface area contributed by atoms with Gasteiger partial charge < -0.3 is 15.4 Å². The summed E-state index contributed by atoms with van der Waals surface area (Å²) in [7, 11) is 0. The molecule has 76 valence electrons. The zero-order valence-corrected chi connectivity index (χ0v) is 8.38. The molecule has 2 aliphatic heterocycles. The van der Waals surface area contributed by atoms with Crippen LogP contribution in [0.5, 0.6) is 0 Å². The van der Waals surface area contributed by atoms with E-state index in [1.807, 2.05) is 0 Å². The van der Waals surface area contributed by atoms with E-state index in [1.54, 1.807) is 0 Å². The van der Waals surface area contributed by atoms with Gasteiger partial charge in [0, 0.05) is 6.04 Å². The van der Waals surface area contributed by atoms with Crippen molar-refractivity contribution in [1.82, 2.24) is 10.6 Å². The summed E-state index contributed by atoms with van der Waals surface area (Å²) in [6, 6.07) is 1.38. The van der Waals surface area contributed by atoms with Gasteiger partial charge in [0.15, 0.2) is 0 Å². The van der Waals surface area contributed by atoms with Crippen LogP contribution in [0.2, 0.25) is 0 Å². The van der Waals surface area contributed by atoms with Crippen molar-refractivity contribution in [3.63, 3.8) is 0 Å². The van der Waals surface area contributed by atoms with Gasteiger partial charge in [-0.3, -0.25) is 0 Å². The molecule has 2 N–H and O–H groups in total. The third-order valence-electron chi connectivity index (χ3n) is 3.22. The fourth-order valence-corrected chi connectivity index (χ4v) is 2.08. The monoisotopic (exact) mass is 184 g/mol. The van der Waals surface area contributed by atoms with Crippen LogP contribution in [0.25, 0.3) is 0 Å². The van der Waals surface area contributed by atoms with Crippen LogP contribution in [0.4, 0.5) is 0 Å². The fourth-order valence-electron chi connectivity index (χ4n) is 2.08. The highest BCUT2D eigenvalue weighted by atomic mass is 16.5. The Bertz CT molecular complexity index is 159. The minimum absolute atomic E-state index is 0.636. The van der Waals surface area contributed by atoms with Gasteiger partial charge in [0.05, 0.1) is 19.3 Å². The second-order valence-electron chi connectivity index (χ2n) is 4.30. The maximum atomic E-state index is 5.10. The van der Waals surface area contributed by atoms with Crippen molar-refractivity contribution in [3.8, 4) is 0 Å². The van der Waals surface area contributed by atoms with E-state index in [-0.39, 0.29) is 0 Å². The highest BCUT2D eigenvalue weighted by molar-refractivity contribution is 4.82. The second-order valence-corrected chi connectivity index (χ2v) is 4.30. The van der Waals surface area contributed by atoms with Gasteiger partial charge in [-0.25, -0.2) is 0 Å². The molecule has 0 amide bonds. The van der Waals surface area contributed by atoms with Crippen molar-refractivity contribution < 1.29 is 4.74 Å². The summed E-state index contributed by atoms with van der Waals surface area (Å²) in [5.74, 6) is 0.861. The van der Waals surface area contributed by atoms with E-state index in [0.717, 1.165) is 31.7 Å². The summed E-state index contributed by atoms with van der Waals surface area (Å²) in [5.41, 5.74) is 0. The summed E-state index contributed by atoms with van der Waals surface area (Å²) in [5, 5.41) is 7.05. The van der Waals surface area contributed by atoms with Gasteiger partial charge in [0.2, 0.25) is 0 Å². The summed E-state index contributed by atoms with van der Waals surface area (Å²) in [4.78, 5) is 0. The first-order valence-electron chi connectivity index (χ1n) is 5.41. The van der Waals surface area contributed by atoms with Crippen molar-refractivity contribution in [2.75, 3.05) is 26.3 Å². The standard InChI is InChI=1S/C10H20N2O/c1-8-2-4-12-10(8)3-5-11-9-6-13-7-9/h8-12H,2-7H2,1H3. The Kier molecular flexibility index (Phi) is 3.19. The number of rotatable bonds is 4. The van der Waals surface area contributed by atoms with Crippen molar-refractivity contribution in [3.05, 3.63) is 0 Å². The Morgan fingerprint density at radius 3 is 2.85 bits per heavy atom. The van der Waals surface area contributed by atoms with Crippen molar-refractivity contribution in [2.45, 2.75) is 31.8 Å². The second kappa shape index (κ2) is 4.40. The lowest BCUT2D eigenvalue weighted by Gasteiger charge is -2.27. The zero-order chi connectivity index (χ0) is 9.10. The molecule has 0 aromatic rings. The predicted molar refractivity (Wildman–Crippen MR) is 52.8 cm³/mol. The minimum Gasteiger partial charge on any atom is -0.378 e. The average molecular weight is 184 g/mol. The number of nitrogens with one attached hydrogen (secondary N) is 2. The van der Waals surface area contributed by atoms with Crippen LogP contribution in [0.15, 0.2) is 0 Å². The topological polar surface area (TPSA) is 33.3 Å². The highest BCUT2D eigenvalue weighted by Gasteiger charge is 2.23. The van der Waals surface area contributed by atoms with E-state index in [4.69, 9.17) is 4.74 Å². The van der Waals surface area contributed by atoms with Crippen LogP contribution in [-0.4, -0.2) is 38.4 Å². The summed E-state index contributed by atoms with van der Waals surface area (Å²) >= 11 is 0. The Labute approximate surface area is 80.2 Å². The summed E-state index contributed by atoms with van der Waals surface area (Å²) in [6.45, 7) is 6.51. The molecule has 0 radical (unpaired) electrons. The molecule has 3 heteroatoms. The minimum atomic E-state index is 0.636. The van der Waals surface area contributed by atoms with E-state index < -0.39 is 0 Å². The molecule has 3 nitrogen and oxygen atoms in total. The van der Waals surface area contributed by atoms with Crippen LogP contribution >= 0.6 is 0 Å². The lowest BCUT2D eigenvalue weighted by atomic mass is 10.0. The van der Waals surface area contributed by atoms with E-state index >= 15 is 0 Å². The Morgan fingerprint density at radius 2 is 2.31 bits per heavy atom. The van der Waals surface area contributed by atoms with Crippen molar-refractivity contribution >= 4 is 0 Å². The van der Waals surface area contributed by atoms with Crippen LogP contribution in [0, 0.1) is 5.92 Å². The molecule has 13 heavy (non-hydrogen) atoms. The first-order valence-corrected chi connectivity index (χ1v) is 5.41. The van der Waals surface area contributed by atoms with Crippen molar-refractivity contribution in [2.24, 2.45) is 5.92 Å². The maximum absolute atomic E-state index is 5.10. The zero-order valence-electron chi connectivity index (χ0n) is 8.38. The van der Waals surface area contributed by atoms with E-state index in [2.05, 4.69) is 17.6 Å². The smallest absolute Gasteiger partial charge is 0.0643 e. The first-order chi connectivity index (χ1) is 6.36. The molecule has 0 aromatic heterocycles. The normalized spacial score (nSPS) is 34.8. The Morgan fingerprint density at radius 1 is 1.46 bits per heavy atom.